The van der Waals surface area contributed by atoms with Gasteiger partial charge in [-0.05, 0) is 37.6 Å². The van der Waals surface area contributed by atoms with E-state index >= 15 is 0 Å². The molecule has 0 amide bonds. The van der Waals surface area contributed by atoms with Gasteiger partial charge in [-0.15, -0.1) is 24.4 Å². The molecule has 2 rings (SSSR count). The zero-order valence-electron chi connectivity index (χ0n) is 11.2. The SMILES string of the molecule is CC(C)(Sc1ccncc1-c1ccc(S)cc1)C(=O)O. The number of pyridine rings is 1. The maximum atomic E-state index is 11.3. The molecule has 2 aromatic rings. The highest BCUT2D eigenvalue weighted by molar-refractivity contribution is 8.01. The van der Waals surface area contributed by atoms with Gasteiger partial charge in [0.15, 0.2) is 0 Å². The highest BCUT2D eigenvalue weighted by Crippen LogP contribution is 2.38. The molecule has 20 heavy (non-hydrogen) atoms. The molecule has 1 heterocycles. The third kappa shape index (κ3) is 3.35. The van der Waals surface area contributed by atoms with Crippen molar-refractivity contribution in [3.8, 4) is 11.1 Å². The van der Waals surface area contributed by atoms with Gasteiger partial charge in [0.2, 0.25) is 0 Å². The van der Waals surface area contributed by atoms with Crippen LogP contribution in [0.5, 0.6) is 0 Å². The van der Waals surface area contributed by atoms with E-state index in [0.29, 0.717) is 0 Å². The van der Waals surface area contributed by atoms with E-state index in [1.807, 2.05) is 30.3 Å². The van der Waals surface area contributed by atoms with Crippen LogP contribution >= 0.6 is 24.4 Å². The van der Waals surface area contributed by atoms with Gasteiger partial charge in [0.1, 0.15) is 4.75 Å². The van der Waals surface area contributed by atoms with Crippen molar-refractivity contribution >= 4 is 30.4 Å². The molecule has 0 aliphatic heterocycles. The number of aromatic nitrogens is 1. The lowest BCUT2D eigenvalue weighted by molar-refractivity contribution is -0.138. The molecular formula is C15H15NO2S2. The first kappa shape index (κ1) is 14.9. The van der Waals surface area contributed by atoms with Crippen molar-refractivity contribution in [3.05, 3.63) is 42.7 Å². The number of benzene rings is 1. The monoisotopic (exact) mass is 305 g/mol. The van der Waals surface area contributed by atoms with E-state index in [1.54, 1.807) is 26.2 Å². The largest absolute Gasteiger partial charge is 0.480 e. The maximum absolute atomic E-state index is 11.3. The molecule has 3 nitrogen and oxygen atoms in total. The number of thioether (sulfide) groups is 1. The smallest absolute Gasteiger partial charge is 0.319 e. The Kier molecular flexibility index (Phi) is 4.40. The minimum Gasteiger partial charge on any atom is -0.480 e. The average molecular weight is 305 g/mol. The second-order valence-electron chi connectivity index (χ2n) is 4.84. The van der Waals surface area contributed by atoms with Gasteiger partial charge in [0.25, 0.3) is 0 Å². The summed E-state index contributed by atoms with van der Waals surface area (Å²) in [7, 11) is 0. The normalized spacial score (nSPS) is 11.3. The van der Waals surface area contributed by atoms with E-state index in [2.05, 4.69) is 17.6 Å². The van der Waals surface area contributed by atoms with Crippen LogP contribution in [0, 0.1) is 0 Å². The molecule has 5 heteroatoms. The Bertz CT molecular complexity index is 624. The third-order valence-corrected chi connectivity index (χ3v) is 4.40. The Labute approximate surface area is 127 Å². The number of rotatable bonds is 4. The molecule has 0 saturated carbocycles. The standard InChI is InChI=1S/C15H15NO2S2/c1-15(2,14(17)18)20-13-7-8-16-9-12(13)10-3-5-11(19)6-4-10/h3-9,19H,1-2H3,(H,17,18). The summed E-state index contributed by atoms with van der Waals surface area (Å²) < 4.78 is -0.889. The molecule has 0 spiro atoms. The van der Waals surface area contributed by atoms with Gasteiger partial charge in [-0.2, -0.15) is 0 Å². The van der Waals surface area contributed by atoms with Gasteiger partial charge >= 0.3 is 5.97 Å². The summed E-state index contributed by atoms with van der Waals surface area (Å²) in [5.41, 5.74) is 1.93. The minimum atomic E-state index is -0.889. The third-order valence-electron chi connectivity index (χ3n) is 2.84. The van der Waals surface area contributed by atoms with Gasteiger partial charge in [0.05, 0.1) is 0 Å². The van der Waals surface area contributed by atoms with Gasteiger partial charge in [-0.25, -0.2) is 0 Å². The second-order valence-corrected chi connectivity index (χ2v) is 7.02. The average Bonchev–Trinajstić information content (AvgIpc) is 2.40. The summed E-state index contributed by atoms with van der Waals surface area (Å²) >= 11 is 5.59. The van der Waals surface area contributed by atoms with Crippen LogP contribution in [0.15, 0.2) is 52.5 Å². The number of carboxylic acids is 1. The van der Waals surface area contributed by atoms with Crippen LogP contribution in [0.2, 0.25) is 0 Å². The fraction of sp³-hybridized carbons (Fsp3) is 0.200. The minimum absolute atomic E-state index is 0.837. The van der Waals surface area contributed by atoms with Crippen LogP contribution in [0.4, 0.5) is 0 Å². The van der Waals surface area contributed by atoms with Crippen molar-refractivity contribution in [3.63, 3.8) is 0 Å². The molecule has 0 saturated heterocycles. The molecule has 0 aliphatic rings. The zero-order chi connectivity index (χ0) is 14.8. The Hall–Kier alpha value is -1.46. The van der Waals surface area contributed by atoms with Crippen molar-refractivity contribution in [2.24, 2.45) is 0 Å². The van der Waals surface area contributed by atoms with Gasteiger partial charge in [-0.3, -0.25) is 9.78 Å². The van der Waals surface area contributed by atoms with E-state index in [-0.39, 0.29) is 0 Å². The van der Waals surface area contributed by atoms with E-state index in [0.717, 1.165) is 20.9 Å². The van der Waals surface area contributed by atoms with Crippen LogP contribution in [0.25, 0.3) is 11.1 Å². The molecule has 1 aromatic heterocycles. The number of carboxylic acid groups (broad SMARTS) is 1. The molecule has 0 radical (unpaired) electrons. The topological polar surface area (TPSA) is 50.2 Å². The summed E-state index contributed by atoms with van der Waals surface area (Å²) in [6.45, 7) is 3.39. The fourth-order valence-electron chi connectivity index (χ4n) is 1.65. The number of hydrogen-bond donors (Lipinski definition) is 2. The molecular weight excluding hydrogens is 290 g/mol. The Morgan fingerprint density at radius 2 is 1.90 bits per heavy atom. The molecule has 0 atom stereocenters. The van der Waals surface area contributed by atoms with E-state index < -0.39 is 10.7 Å². The lowest BCUT2D eigenvalue weighted by Crippen LogP contribution is -2.27. The molecule has 0 aliphatic carbocycles. The van der Waals surface area contributed by atoms with E-state index in [4.69, 9.17) is 0 Å². The first-order chi connectivity index (χ1) is 9.40. The van der Waals surface area contributed by atoms with Crippen LogP contribution < -0.4 is 0 Å². The number of aliphatic carboxylic acids is 1. The van der Waals surface area contributed by atoms with Crippen molar-refractivity contribution in [1.29, 1.82) is 0 Å². The van der Waals surface area contributed by atoms with Crippen LogP contribution in [-0.4, -0.2) is 20.8 Å². The number of carbonyl (C=O) groups is 1. The first-order valence-electron chi connectivity index (χ1n) is 6.06. The molecule has 1 aromatic carbocycles. The number of thiol groups is 1. The molecule has 0 bridgehead atoms. The Morgan fingerprint density at radius 3 is 2.50 bits per heavy atom. The van der Waals surface area contributed by atoms with Crippen LogP contribution in [-0.2, 0) is 4.79 Å². The predicted molar refractivity (Wildman–Crippen MR) is 84.5 cm³/mol. The zero-order valence-corrected chi connectivity index (χ0v) is 12.9. The van der Waals surface area contributed by atoms with Crippen molar-refractivity contribution in [1.82, 2.24) is 4.98 Å². The van der Waals surface area contributed by atoms with Crippen molar-refractivity contribution in [2.45, 2.75) is 28.4 Å². The second kappa shape index (κ2) is 5.89. The van der Waals surface area contributed by atoms with Gasteiger partial charge in [0, 0.05) is 27.7 Å². The van der Waals surface area contributed by atoms with E-state index in [9.17, 15) is 9.90 Å². The lowest BCUT2D eigenvalue weighted by atomic mass is 10.1. The molecule has 0 fully saturated rings. The molecule has 104 valence electrons. The summed E-state index contributed by atoms with van der Waals surface area (Å²) in [6, 6.07) is 9.57. The summed E-state index contributed by atoms with van der Waals surface area (Å²) in [5.74, 6) is -0.837. The van der Waals surface area contributed by atoms with E-state index in [1.165, 1.54) is 11.8 Å². The number of nitrogens with zero attached hydrogens (tertiary/aromatic N) is 1. The maximum Gasteiger partial charge on any atom is 0.319 e. The van der Waals surface area contributed by atoms with Gasteiger partial charge in [-0.1, -0.05) is 12.1 Å². The van der Waals surface area contributed by atoms with Crippen LogP contribution in [0.3, 0.4) is 0 Å². The highest BCUT2D eigenvalue weighted by Gasteiger charge is 2.29. The highest BCUT2D eigenvalue weighted by atomic mass is 32.2. The lowest BCUT2D eigenvalue weighted by Gasteiger charge is -2.20. The predicted octanol–water partition coefficient (Wildman–Crippen LogP) is 3.99. The Morgan fingerprint density at radius 1 is 1.25 bits per heavy atom. The molecule has 1 N–H and O–H groups in total. The fourth-order valence-corrected chi connectivity index (χ4v) is 2.84. The van der Waals surface area contributed by atoms with Crippen molar-refractivity contribution in [2.75, 3.05) is 0 Å². The number of hydrogen-bond acceptors (Lipinski definition) is 4. The summed E-state index contributed by atoms with van der Waals surface area (Å²) in [4.78, 5) is 17.2. The van der Waals surface area contributed by atoms with Crippen molar-refractivity contribution < 1.29 is 9.90 Å². The summed E-state index contributed by atoms with van der Waals surface area (Å²) in [6.07, 6.45) is 3.44. The molecule has 0 unspecified atom stereocenters. The Balaban J connectivity index is 2.41. The first-order valence-corrected chi connectivity index (χ1v) is 7.32. The van der Waals surface area contributed by atoms with Gasteiger partial charge < -0.3 is 5.11 Å². The van der Waals surface area contributed by atoms with Crippen LogP contribution in [0.1, 0.15) is 13.8 Å². The quantitative estimate of drug-likeness (QED) is 0.662. The summed E-state index contributed by atoms with van der Waals surface area (Å²) in [5, 5.41) is 9.25.